The van der Waals surface area contributed by atoms with E-state index in [1.165, 1.54) is 13.1 Å². The lowest BCUT2D eigenvalue weighted by Crippen LogP contribution is -2.23. The SMILES string of the molecule is Cn1nc(C(F)(F)F)c(CS(=O)(=O)C2=CC(C)(C)ON2)c1OCC1CCCCC1. The molecule has 1 aliphatic carbocycles. The monoisotopic (exact) mass is 437 g/mol. The van der Waals surface area contributed by atoms with Gasteiger partial charge in [-0.05, 0) is 38.7 Å². The van der Waals surface area contributed by atoms with Gasteiger partial charge in [-0.25, -0.2) is 13.1 Å². The van der Waals surface area contributed by atoms with Crippen molar-refractivity contribution in [2.24, 2.45) is 13.0 Å². The van der Waals surface area contributed by atoms with Gasteiger partial charge < -0.3 is 4.74 Å². The number of ether oxygens (including phenoxy) is 1. The van der Waals surface area contributed by atoms with E-state index in [0.29, 0.717) is 0 Å². The van der Waals surface area contributed by atoms with Crippen molar-refractivity contribution in [3.05, 3.63) is 22.4 Å². The van der Waals surface area contributed by atoms with Crippen LogP contribution in [0.25, 0.3) is 0 Å². The summed E-state index contributed by atoms with van der Waals surface area (Å²) in [5, 5.41) is 3.25. The molecule has 1 N–H and O–H groups in total. The van der Waals surface area contributed by atoms with Crippen LogP contribution in [0.5, 0.6) is 5.88 Å². The molecule has 0 saturated heterocycles. The molecule has 0 atom stereocenters. The predicted octanol–water partition coefficient (Wildman–Crippen LogP) is 3.47. The maximum atomic E-state index is 13.5. The summed E-state index contributed by atoms with van der Waals surface area (Å²) in [6, 6.07) is 0. The van der Waals surface area contributed by atoms with Gasteiger partial charge in [0.15, 0.2) is 20.6 Å². The molecule has 0 spiro atoms. The number of nitrogens with zero attached hydrogens (tertiary/aromatic N) is 2. The van der Waals surface area contributed by atoms with E-state index in [1.54, 1.807) is 13.8 Å². The standard InChI is InChI=1S/C18H26F3N3O4S/c1-17(2)9-14(23-28-17)29(25,26)11-13-15(18(19,20)21)22-24(3)16(13)27-10-12-7-5-4-6-8-12/h9,12,23H,4-8,10-11H2,1-3H3. The zero-order chi connectivity index (χ0) is 21.4. The van der Waals surface area contributed by atoms with Gasteiger partial charge in [0, 0.05) is 7.05 Å². The maximum absolute atomic E-state index is 13.5. The van der Waals surface area contributed by atoms with Gasteiger partial charge in [0.05, 0.1) is 17.9 Å². The Hall–Kier alpha value is -1.75. The number of sulfone groups is 1. The van der Waals surface area contributed by atoms with Crippen LogP contribution < -0.4 is 10.2 Å². The molecule has 3 rings (SSSR count). The Morgan fingerprint density at radius 1 is 1.31 bits per heavy atom. The Kier molecular flexibility index (Phi) is 5.92. The molecular weight excluding hydrogens is 411 g/mol. The third-order valence-electron chi connectivity index (χ3n) is 5.10. The molecule has 0 unspecified atom stereocenters. The van der Waals surface area contributed by atoms with Gasteiger partial charge in [-0.3, -0.25) is 10.3 Å². The summed E-state index contributed by atoms with van der Waals surface area (Å²) in [4.78, 5) is 5.14. The van der Waals surface area contributed by atoms with Crippen molar-refractivity contribution in [2.45, 2.75) is 63.5 Å². The van der Waals surface area contributed by atoms with Gasteiger partial charge in [0.2, 0.25) is 5.88 Å². The third-order valence-corrected chi connectivity index (χ3v) is 6.64. The molecule has 1 saturated carbocycles. The van der Waals surface area contributed by atoms with Crippen molar-refractivity contribution in [2.75, 3.05) is 6.61 Å². The number of hydroxylamine groups is 1. The summed E-state index contributed by atoms with van der Waals surface area (Å²) in [5.41, 5.74) is -0.317. The summed E-state index contributed by atoms with van der Waals surface area (Å²) in [6.45, 7) is 3.50. The zero-order valence-electron chi connectivity index (χ0n) is 16.7. The van der Waals surface area contributed by atoms with Crippen LogP contribution in [0.3, 0.4) is 0 Å². The molecule has 7 nitrogen and oxygen atoms in total. The minimum absolute atomic E-state index is 0.162. The first-order valence-electron chi connectivity index (χ1n) is 9.54. The molecule has 1 aliphatic heterocycles. The molecule has 1 aromatic rings. The molecule has 2 heterocycles. The average Bonchev–Trinajstić information content (AvgIpc) is 3.14. The number of aromatic nitrogens is 2. The van der Waals surface area contributed by atoms with E-state index in [1.807, 2.05) is 0 Å². The fourth-order valence-corrected chi connectivity index (χ4v) is 5.05. The maximum Gasteiger partial charge on any atom is 0.435 e. The molecule has 0 radical (unpaired) electrons. The lowest BCUT2D eigenvalue weighted by Gasteiger charge is -2.22. The van der Waals surface area contributed by atoms with Crippen molar-refractivity contribution in [3.8, 4) is 5.88 Å². The number of alkyl halides is 3. The highest BCUT2D eigenvalue weighted by atomic mass is 32.2. The van der Waals surface area contributed by atoms with Crippen LogP contribution in [0.2, 0.25) is 0 Å². The van der Waals surface area contributed by atoms with E-state index in [0.717, 1.165) is 36.8 Å². The zero-order valence-corrected chi connectivity index (χ0v) is 17.5. The number of rotatable bonds is 6. The van der Waals surface area contributed by atoms with Gasteiger partial charge in [0.1, 0.15) is 5.60 Å². The average molecular weight is 437 g/mol. The predicted molar refractivity (Wildman–Crippen MR) is 99.3 cm³/mol. The largest absolute Gasteiger partial charge is 0.477 e. The second-order valence-electron chi connectivity index (χ2n) is 8.14. The number of nitrogens with one attached hydrogen (secondary N) is 1. The van der Waals surface area contributed by atoms with E-state index >= 15 is 0 Å². The molecule has 0 bridgehead atoms. The quantitative estimate of drug-likeness (QED) is 0.734. The highest BCUT2D eigenvalue weighted by Gasteiger charge is 2.42. The third kappa shape index (κ3) is 5.06. The van der Waals surface area contributed by atoms with Crippen LogP contribution in [0.4, 0.5) is 13.2 Å². The summed E-state index contributed by atoms with van der Waals surface area (Å²) in [5.74, 6) is -0.815. The first-order chi connectivity index (χ1) is 13.4. The lowest BCUT2D eigenvalue weighted by atomic mass is 9.90. The fourth-order valence-electron chi connectivity index (χ4n) is 3.62. The molecule has 0 amide bonds. The fraction of sp³-hybridized carbons (Fsp3) is 0.722. The molecule has 164 valence electrons. The Bertz CT molecular complexity index is 885. The topological polar surface area (TPSA) is 82.5 Å². The van der Waals surface area contributed by atoms with Gasteiger partial charge in [-0.15, -0.1) is 0 Å². The molecule has 1 aromatic heterocycles. The number of hydrogen-bond donors (Lipinski definition) is 1. The Morgan fingerprint density at radius 2 is 1.97 bits per heavy atom. The van der Waals surface area contributed by atoms with E-state index in [4.69, 9.17) is 9.57 Å². The minimum atomic E-state index is -4.80. The van der Waals surface area contributed by atoms with Gasteiger partial charge in [0.25, 0.3) is 0 Å². The van der Waals surface area contributed by atoms with Crippen molar-refractivity contribution < 1.29 is 31.2 Å². The molecule has 2 aliphatic rings. The van der Waals surface area contributed by atoms with Crippen molar-refractivity contribution in [1.29, 1.82) is 0 Å². The van der Waals surface area contributed by atoms with Crippen LogP contribution in [0.15, 0.2) is 11.1 Å². The number of hydrogen-bond acceptors (Lipinski definition) is 6. The molecular formula is C18H26F3N3O4S. The van der Waals surface area contributed by atoms with E-state index < -0.39 is 38.6 Å². The van der Waals surface area contributed by atoms with Crippen molar-refractivity contribution in [3.63, 3.8) is 0 Å². The summed E-state index contributed by atoms with van der Waals surface area (Å²) in [6.07, 6.45) is 1.68. The Labute approximate surface area is 168 Å². The highest BCUT2D eigenvalue weighted by molar-refractivity contribution is 7.94. The smallest absolute Gasteiger partial charge is 0.435 e. The second-order valence-corrected chi connectivity index (χ2v) is 10.1. The van der Waals surface area contributed by atoms with Gasteiger partial charge in [-0.1, -0.05) is 19.3 Å². The van der Waals surface area contributed by atoms with Crippen molar-refractivity contribution >= 4 is 9.84 Å². The molecule has 1 fully saturated rings. The molecule has 11 heteroatoms. The van der Waals surface area contributed by atoms with Gasteiger partial charge in [-0.2, -0.15) is 18.3 Å². The Morgan fingerprint density at radius 3 is 2.52 bits per heavy atom. The highest BCUT2D eigenvalue weighted by Crippen LogP contribution is 2.38. The first kappa shape index (κ1) is 21.9. The van der Waals surface area contributed by atoms with Crippen LogP contribution in [0.1, 0.15) is 57.2 Å². The number of aryl methyl sites for hydroxylation is 1. The second kappa shape index (κ2) is 7.82. The Balaban J connectivity index is 1.90. The molecule has 0 aromatic carbocycles. The van der Waals surface area contributed by atoms with Crippen LogP contribution in [0, 0.1) is 5.92 Å². The summed E-state index contributed by atoms with van der Waals surface area (Å²) < 4.78 is 72.8. The van der Waals surface area contributed by atoms with Crippen LogP contribution >= 0.6 is 0 Å². The van der Waals surface area contributed by atoms with Crippen molar-refractivity contribution in [1.82, 2.24) is 15.3 Å². The van der Waals surface area contributed by atoms with E-state index in [9.17, 15) is 21.6 Å². The summed E-state index contributed by atoms with van der Waals surface area (Å²) >= 11 is 0. The summed E-state index contributed by atoms with van der Waals surface area (Å²) in [7, 11) is -2.81. The number of halogens is 3. The van der Waals surface area contributed by atoms with Crippen LogP contribution in [-0.2, 0) is 33.7 Å². The minimum Gasteiger partial charge on any atom is -0.477 e. The molecule has 29 heavy (non-hydrogen) atoms. The first-order valence-corrected chi connectivity index (χ1v) is 11.2. The van der Waals surface area contributed by atoms with E-state index in [-0.39, 0.29) is 23.4 Å². The van der Waals surface area contributed by atoms with E-state index in [2.05, 4.69) is 10.6 Å². The lowest BCUT2D eigenvalue weighted by molar-refractivity contribution is -0.141. The van der Waals surface area contributed by atoms with Gasteiger partial charge >= 0.3 is 6.18 Å². The van der Waals surface area contributed by atoms with Crippen LogP contribution in [-0.4, -0.2) is 30.4 Å². The normalized spacial score (nSPS) is 20.4.